The Kier molecular flexibility index (Phi) is 5.53. The van der Waals surface area contributed by atoms with Crippen LogP contribution < -0.4 is 10.9 Å². The molecular weight excluding hydrogens is 385 g/mol. The number of halogens is 2. The van der Waals surface area contributed by atoms with Crippen LogP contribution in [-0.4, -0.2) is 15.5 Å². The number of carbonyl (C=O) groups excluding carboxylic acids is 1. The Morgan fingerprint density at radius 3 is 2.70 bits per heavy atom. The smallest absolute Gasteiger partial charge is 0.258 e. The van der Waals surface area contributed by atoms with Crippen LogP contribution in [-0.2, 0) is 11.8 Å². The van der Waals surface area contributed by atoms with Crippen molar-refractivity contribution in [3.05, 3.63) is 57.1 Å². The average molecular weight is 404 g/mol. The normalized spacial score (nSPS) is 11.2. The summed E-state index contributed by atoms with van der Waals surface area (Å²) in [6.07, 6.45) is 3.68. The first-order valence-corrected chi connectivity index (χ1v) is 9.27. The van der Waals surface area contributed by atoms with Gasteiger partial charge in [-0.05, 0) is 30.2 Å². The maximum absolute atomic E-state index is 12.9. The number of benzene rings is 1. The highest BCUT2D eigenvalue weighted by atomic mass is 35.5. The van der Waals surface area contributed by atoms with Crippen LogP contribution in [0.1, 0.15) is 20.3 Å². The predicted octanol–water partition coefficient (Wildman–Crippen LogP) is 4.89. The number of aryl methyl sites for hydroxylation is 1. The quantitative estimate of drug-likeness (QED) is 0.673. The topological polar surface area (TPSA) is 64.0 Å². The van der Waals surface area contributed by atoms with Crippen molar-refractivity contribution in [2.24, 2.45) is 13.0 Å². The number of nitrogens with one attached hydrogen (secondary N) is 1. The number of anilines is 1. The van der Waals surface area contributed by atoms with E-state index in [4.69, 9.17) is 23.2 Å². The van der Waals surface area contributed by atoms with E-state index in [1.54, 1.807) is 43.7 Å². The third kappa shape index (κ3) is 3.84. The van der Waals surface area contributed by atoms with Crippen molar-refractivity contribution in [1.29, 1.82) is 0 Å². The fourth-order valence-electron chi connectivity index (χ4n) is 2.97. The molecule has 0 radical (unpaired) electrons. The molecule has 3 aromatic rings. The van der Waals surface area contributed by atoms with Gasteiger partial charge in [0.2, 0.25) is 5.91 Å². The zero-order valence-corrected chi connectivity index (χ0v) is 16.7. The van der Waals surface area contributed by atoms with Crippen molar-refractivity contribution in [3.8, 4) is 11.1 Å². The Labute approximate surface area is 166 Å². The lowest BCUT2D eigenvalue weighted by Crippen LogP contribution is -2.19. The first-order valence-electron chi connectivity index (χ1n) is 8.51. The molecule has 0 aliphatic heterocycles. The summed E-state index contributed by atoms with van der Waals surface area (Å²) in [4.78, 5) is 29.1. The standard InChI is InChI=1S/C20H19Cl2N3O2/c1-11(2)8-17(26)24-15-5-4-14(21)18(19(15)22)13-9-12-10-23-7-6-16(12)25(3)20(13)27/h4-7,9-11H,8H2,1-3H3,(H,24,26). The molecule has 1 amide bonds. The number of carbonyl (C=O) groups is 1. The van der Waals surface area contributed by atoms with Crippen molar-refractivity contribution in [2.75, 3.05) is 5.32 Å². The van der Waals surface area contributed by atoms with Gasteiger partial charge >= 0.3 is 0 Å². The molecule has 5 nitrogen and oxygen atoms in total. The van der Waals surface area contributed by atoms with Crippen molar-refractivity contribution in [1.82, 2.24) is 9.55 Å². The number of pyridine rings is 2. The molecule has 140 valence electrons. The van der Waals surface area contributed by atoms with Gasteiger partial charge in [-0.3, -0.25) is 14.6 Å². The molecule has 1 aromatic carbocycles. The lowest BCUT2D eigenvalue weighted by Gasteiger charge is -2.15. The van der Waals surface area contributed by atoms with E-state index in [0.29, 0.717) is 28.3 Å². The summed E-state index contributed by atoms with van der Waals surface area (Å²) in [5.41, 5.74) is 1.70. The second-order valence-electron chi connectivity index (χ2n) is 6.79. The van der Waals surface area contributed by atoms with Gasteiger partial charge in [-0.1, -0.05) is 37.0 Å². The lowest BCUT2D eigenvalue weighted by atomic mass is 10.0. The van der Waals surface area contributed by atoms with Gasteiger partial charge < -0.3 is 9.88 Å². The van der Waals surface area contributed by atoms with Gasteiger partial charge in [0.25, 0.3) is 5.56 Å². The van der Waals surface area contributed by atoms with Crippen molar-refractivity contribution < 1.29 is 4.79 Å². The van der Waals surface area contributed by atoms with Gasteiger partial charge in [0, 0.05) is 36.8 Å². The molecule has 0 fully saturated rings. The van der Waals surface area contributed by atoms with Gasteiger partial charge in [-0.15, -0.1) is 0 Å². The maximum atomic E-state index is 12.9. The molecule has 0 saturated heterocycles. The Morgan fingerprint density at radius 1 is 1.26 bits per heavy atom. The van der Waals surface area contributed by atoms with Crippen molar-refractivity contribution >= 4 is 45.7 Å². The van der Waals surface area contributed by atoms with Gasteiger partial charge in [-0.25, -0.2) is 0 Å². The molecule has 0 aliphatic carbocycles. The summed E-state index contributed by atoms with van der Waals surface area (Å²) in [5, 5.41) is 4.16. The number of amides is 1. The summed E-state index contributed by atoms with van der Waals surface area (Å²) < 4.78 is 1.53. The Bertz CT molecular complexity index is 1090. The van der Waals surface area contributed by atoms with E-state index >= 15 is 0 Å². The molecule has 2 heterocycles. The van der Waals surface area contributed by atoms with Gasteiger partial charge in [0.05, 0.1) is 26.8 Å². The number of rotatable bonds is 4. The van der Waals surface area contributed by atoms with E-state index in [1.165, 1.54) is 4.57 Å². The van der Waals surface area contributed by atoms with Crippen LogP contribution >= 0.6 is 23.2 Å². The molecule has 2 aromatic heterocycles. The highest BCUT2D eigenvalue weighted by molar-refractivity contribution is 6.41. The Hall–Kier alpha value is -2.37. The van der Waals surface area contributed by atoms with Crippen LogP contribution in [0.15, 0.2) is 41.5 Å². The molecule has 0 unspecified atom stereocenters. The van der Waals surface area contributed by atoms with E-state index in [-0.39, 0.29) is 22.4 Å². The number of hydrogen-bond donors (Lipinski definition) is 1. The SMILES string of the molecule is CC(C)CC(=O)Nc1ccc(Cl)c(-c2cc3cnccc3n(C)c2=O)c1Cl. The van der Waals surface area contributed by atoms with E-state index in [9.17, 15) is 9.59 Å². The largest absolute Gasteiger partial charge is 0.325 e. The minimum absolute atomic E-state index is 0.143. The number of hydrogen-bond acceptors (Lipinski definition) is 3. The van der Waals surface area contributed by atoms with Crippen LogP contribution in [0.4, 0.5) is 5.69 Å². The molecule has 3 rings (SSSR count). The van der Waals surface area contributed by atoms with E-state index in [0.717, 1.165) is 10.9 Å². The van der Waals surface area contributed by atoms with Crippen molar-refractivity contribution in [2.45, 2.75) is 20.3 Å². The van der Waals surface area contributed by atoms with E-state index in [1.807, 2.05) is 13.8 Å². The first kappa shape index (κ1) is 19.4. The van der Waals surface area contributed by atoms with Crippen LogP contribution in [0.2, 0.25) is 10.0 Å². The molecule has 0 bridgehead atoms. The molecule has 0 atom stereocenters. The summed E-state index contributed by atoms with van der Waals surface area (Å²) in [7, 11) is 1.68. The molecule has 27 heavy (non-hydrogen) atoms. The monoisotopic (exact) mass is 403 g/mol. The summed E-state index contributed by atoms with van der Waals surface area (Å²) in [6, 6.07) is 6.75. The van der Waals surface area contributed by atoms with Crippen molar-refractivity contribution in [3.63, 3.8) is 0 Å². The van der Waals surface area contributed by atoms with Crippen LogP contribution in [0, 0.1) is 5.92 Å². The zero-order valence-electron chi connectivity index (χ0n) is 15.2. The third-order valence-corrected chi connectivity index (χ3v) is 4.96. The zero-order chi connectivity index (χ0) is 19.7. The fourth-order valence-corrected chi connectivity index (χ4v) is 3.59. The number of nitrogens with zero attached hydrogens (tertiary/aromatic N) is 2. The minimum Gasteiger partial charge on any atom is -0.325 e. The fraction of sp³-hybridized carbons (Fsp3) is 0.250. The predicted molar refractivity (Wildman–Crippen MR) is 111 cm³/mol. The average Bonchev–Trinajstić information content (AvgIpc) is 2.61. The molecule has 0 aliphatic rings. The van der Waals surface area contributed by atoms with Gasteiger partial charge in [0.1, 0.15) is 0 Å². The van der Waals surface area contributed by atoms with Crippen LogP contribution in [0.3, 0.4) is 0 Å². The minimum atomic E-state index is -0.233. The lowest BCUT2D eigenvalue weighted by molar-refractivity contribution is -0.116. The molecule has 7 heteroatoms. The Morgan fingerprint density at radius 2 is 2.00 bits per heavy atom. The highest BCUT2D eigenvalue weighted by Crippen LogP contribution is 2.39. The highest BCUT2D eigenvalue weighted by Gasteiger charge is 2.19. The summed E-state index contributed by atoms with van der Waals surface area (Å²) in [6.45, 7) is 3.92. The second-order valence-corrected chi connectivity index (χ2v) is 7.57. The third-order valence-electron chi connectivity index (χ3n) is 4.25. The van der Waals surface area contributed by atoms with Crippen LogP contribution in [0.25, 0.3) is 22.0 Å². The number of aromatic nitrogens is 2. The molecule has 1 N–H and O–H groups in total. The number of fused-ring (bicyclic) bond motifs is 1. The molecule has 0 spiro atoms. The maximum Gasteiger partial charge on any atom is 0.258 e. The first-order chi connectivity index (χ1) is 12.8. The Balaban J connectivity index is 2.16. The molecular formula is C20H19Cl2N3O2. The van der Waals surface area contributed by atoms with Gasteiger partial charge in [0.15, 0.2) is 0 Å². The second kappa shape index (κ2) is 7.71. The van der Waals surface area contributed by atoms with Gasteiger partial charge in [-0.2, -0.15) is 0 Å². The summed E-state index contributed by atoms with van der Waals surface area (Å²) in [5.74, 6) is 0.0756. The van der Waals surface area contributed by atoms with E-state index < -0.39 is 0 Å². The van der Waals surface area contributed by atoms with E-state index in [2.05, 4.69) is 10.3 Å². The summed E-state index contributed by atoms with van der Waals surface area (Å²) >= 11 is 12.9. The van der Waals surface area contributed by atoms with Crippen LogP contribution in [0.5, 0.6) is 0 Å². The molecule has 0 saturated carbocycles.